The van der Waals surface area contributed by atoms with E-state index >= 15 is 0 Å². The van der Waals surface area contributed by atoms with Crippen molar-refractivity contribution in [3.8, 4) is 0 Å². The van der Waals surface area contributed by atoms with E-state index in [4.69, 9.17) is 0 Å². The minimum Gasteiger partial charge on any atom is -0.302 e. The fraction of sp³-hybridized carbons (Fsp3) is 0.800. The molecule has 0 amide bonds. The highest BCUT2D eigenvalue weighted by atomic mass is 15.2. The van der Waals surface area contributed by atoms with Crippen LogP contribution in [0.15, 0.2) is 11.6 Å². The second kappa shape index (κ2) is 1.89. The fourth-order valence-electron chi connectivity index (χ4n) is 3.47. The maximum Gasteiger partial charge on any atom is 0.00506 e. The second-order valence-electron chi connectivity index (χ2n) is 4.31. The molecule has 0 aromatic carbocycles. The quantitative estimate of drug-likeness (QED) is 0.472. The summed E-state index contributed by atoms with van der Waals surface area (Å²) in [7, 11) is 0. The highest BCUT2D eigenvalue weighted by Gasteiger charge is 2.49. The average Bonchev–Trinajstić information content (AvgIpc) is 2.40. The van der Waals surface area contributed by atoms with Gasteiger partial charge in [-0.15, -0.1) is 0 Å². The van der Waals surface area contributed by atoms with E-state index < -0.39 is 0 Å². The SMILES string of the molecule is C/C=C1/C2CC3CN(C2)CC13. The van der Waals surface area contributed by atoms with Crippen molar-refractivity contribution >= 4 is 0 Å². The van der Waals surface area contributed by atoms with Crippen LogP contribution in [0.2, 0.25) is 0 Å². The molecule has 0 spiro atoms. The molecule has 1 saturated carbocycles. The maximum atomic E-state index is 2.65. The molecular formula is C10H15N. The predicted octanol–water partition coefficient (Wildman–Crippen LogP) is 1.51. The number of allylic oxidation sites excluding steroid dienone is 1. The van der Waals surface area contributed by atoms with Gasteiger partial charge in [0.2, 0.25) is 0 Å². The lowest BCUT2D eigenvalue weighted by Crippen LogP contribution is -2.34. The van der Waals surface area contributed by atoms with Crippen molar-refractivity contribution in [1.82, 2.24) is 4.90 Å². The van der Waals surface area contributed by atoms with E-state index in [2.05, 4.69) is 17.9 Å². The van der Waals surface area contributed by atoms with Gasteiger partial charge in [0, 0.05) is 19.6 Å². The molecular weight excluding hydrogens is 134 g/mol. The lowest BCUT2D eigenvalue weighted by molar-refractivity contribution is 0.226. The Kier molecular flexibility index (Phi) is 1.07. The van der Waals surface area contributed by atoms with E-state index in [1.165, 1.54) is 26.1 Å². The van der Waals surface area contributed by atoms with Crippen molar-refractivity contribution < 1.29 is 0 Å². The molecule has 3 aliphatic heterocycles. The number of hydrogen-bond donors (Lipinski definition) is 0. The van der Waals surface area contributed by atoms with Gasteiger partial charge in [-0.3, -0.25) is 0 Å². The van der Waals surface area contributed by atoms with Crippen LogP contribution in [0.1, 0.15) is 13.3 Å². The Labute approximate surface area is 68.1 Å². The topological polar surface area (TPSA) is 3.24 Å². The summed E-state index contributed by atoms with van der Waals surface area (Å²) in [5.41, 5.74) is 1.80. The van der Waals surface area contributed by atoms with Gasteiger partial charge in [-0.2, -0.15) is 0 Å². The Morgan fingerprint density at radius 3 is 3.00 bits per heavy atom. The highest BCUT2D eigenvalue weighted by Crippen LogP contribution is 2.50. The normalized spacial score (nSPS) is 56.3. The van der Waals surface area contributed by atoms with Crippen LogP contribution in [-0.2, 0) is 0 Å². The molecule has 3 heterocycles. The number of rotatable bonds is 0. The van der Waals surface area contributed by atoms with Crippen molar-refractivity contribution in [1.29, 1.82) is 0 Å². The Morgan fingerprint density at radius 1 is 1.36 bits per heavy atom. The molecule has 60 valence electrons. The lowest BCUT2D eigenvalue weighted by Gasteiger charge is -2.30. The summed E-state index contributed by atoms with van der Waals surface area (Å²) >= 11 is 0. The number of hydrogen-bond acceptors (Lipinski definition) is 1. The summed E-state index contributed by atoms with van der Waals surface area (Å²) in [5.74, 6) is 2.97. The van der Waals surface area contributed by atoms with Crippen molar-refractivity contribution in [3.05, 3.63) is 11.6 Å². The van der Waals surface area contributed by atoms with Gasteiger partial charge in [0.1, 0.15) is 0 Å². The summed E-state index contributed by atoms with van der Waals surface area (Å²) in [6, 6.07) is 0. The monoisotopic (exact) mass is 149 g/mol. The summed E-state index contributed by atoms with van der Waals surface area (Å²) in [5, 5.41) is 0. The van der Waals surface area contributed by atoms with Crippen LogP contribution in [0.4, 0.5) is 0 Å². The molecule has 11 heavy (non-hydrogen) atoms. The minimum absolute atomic E-state index is 0.956. The van der Waals surface area contributed by atoms with Crippen LogP contribution in [0, 0.1) is 17.8 Å². The fourth-order valence-corrected chi connectivity index (χ4v) is 3.47. The summed E-state index contributed by atoms with van der Waals surface area (Å²) < 4.78 is 0. The second-order valence-corrected chi connectivity index (χ2v) is 4.31. The van der Waals surface area contributed by atoms with Gasteiger partial charge < -0.3 is 4.90 Å². The van der Waals surface area contributed by atoms with Gasteiger partial charge in [-0.25, -0.2) is 0 Å². The first-order valence-corrected chi connectivity index (χ1v) is 4.77. The molecule has 4 unspecified atom stereocenters. The van der Waals surface area contributed by atoms with Crippen LogP contribution in [0.3, 0.4) is 0 Å². The van der Waals surface area contributed by atoms with Crippen molar-refractivity contribution in [2.75, 3.05) is 19.6 Å². The molecule has 1 heteroatoms. The zero-order valence-electron chi connectivity index (χ0n) is 7.09. The van der Waals surface area contributed by atoms with Gasteiger partial charge in [-0.05, 0) is 31.1 Å². The number of piperidine rings is 2. The molecule has 1 aliphatic carbocycles. The van der Waals surface area contributed by atoms with Crippen LogP contribution in [0.5, 0.6) is 0 Å². The lowest BCUT2D eigenvalue weighted by atomic mass is 9.93. The van der Waals surface area contributed by atoms with Gasteiger partial charge in [-0.1, -0.05) is 11.6 Å². The third-order valence-corrected chi connectivity index (χ3v) is 3.82. The van der Waals surface area contributed by atoms with Crippen LogP contribution in [0.25, 0.3) is 0 Å². The summed E-state index contributed by atoms with van der Waals surface area (Å²) in [6.45, 7) is 6.37. The maximum absolute atomic E-state index is 2.65. The molecule has 4 aliphatic rings. The van der Waals surface area contributed by atoms with E-state index in [1.54, 1.807) is 5.57 Å². The van der Waals surface area contributed by atoms with Gasteiger partial charge in [0.25, 0.3) is 0 Å². The molecule has 4 rings (SSSR count). The van der Waals surface area contributed by atoms with E-state index in [0.717, 1.165) is 17.8 Å². The first kappa shape index (κ1) is 6.24. The highest BCUT2D eigenvalue weighted by molar-refractivity contribution is 5.24. The molecule has 0 aromatic heterocycles. The molecule has 4 fully saturated rings. The Bertz CT molecular complexity index is 215. The van der Waals surface area contributed by atoms with Crippen molar-refractivity contribution in [2.24, 2.45) is 17.8 Å². The third kappa shape index (κ3) is 0.652. The van der Waals surface area contributed by atoms with E-state index in [9.17, 15) is 0 Å². The van der Waals surface area contributed by atoms with Crippen LogP contribution >= 0.6 is 0 Å². The standard InChI is InChI=1S/C10H15N/c1-2-9-7-3-8-5-11(4-7)6-10(8)9/h2,7-8,10H,3-6H2,1H3/b9-2-. The van der Waals surface area contributed by atoms with E-state index in [-0.39, 0.29) is 0 Å². The van der Waals surface area contributed by atoms with E-state index in [1.807, 2.05) is 0 Å². The first-order valence-electron chi connectivity index (χ1n) is 4.77. The molecule has 0 aromatic rings. The van der Waals surface area contributed by atoms with Crippen molar-refractivity contribution in [2.45, 2.75) is 13.3 Å². The average molecular weight is 149 g/mol. The van der Waals surface area contributed by atoms with Crippen LogP contribution < -0.4 is 0 Å². The van der Waals surface area contributed by atoms with Crippen LogP contribution in [-0.4, -0.2) is 24.5 Å². The molecule has 4 atom stereocenters. The van der Waals surface area contributed by atoms with Gasteiger partial charge >= 0.3 is 0 Å². The molecule has 0 radical (unpaired) electrons. The first-order chi connectivity index (χ1) is 5.38. The van der Waals surface area contributed by atoms with Gasteiger partial charge in [0.05, 0.1) is 0 Å². The van der Waals surface area contributed by atoms with Gasteiger partial charge in [0.15, 0.2) is 0 Å². The zero-order valence-corrected chi connectivity index (χ0v) is 7.09. The Balaban J connectivity index is 2.03. The smallest absolute Gasteiger partial charge is 0.00506 e. The molecule has 4 bridgehead atoms. The summed E-state index contributed by atoms with van der Waals surface area (Å²) in [4.78, 5) is 2.65. The molecule has 1 nitrogen and oxygen atoms in total. The van der Waals surface area contributed by atoms with Crippen molar-refractivity contribution in [3.63, 3.8) is 0 Å². The molecule has 0 N–H and O–H groups in total. The molecule has 3 saturated heterocycles. The minimum atomic E-state index is 0.956. The Morgan fingerprint density at radius 2 is 2.27 bits per heavy atom. The predicted molar refractivity (Wildman–Crippen MR) is 45.3 cm³/mol. The summed E-state index contributed by atoms with van der Waals surface area (Å²) in [6.07, 6.45) is 3.89. The number of nitrogens with zero attached hydrogens (tertiary/aromatic N) is 1. The zero-order chi connectivity index (χ0) is 7.42. The van der Waals surface area contributed by atoms with E-state index in [0.29, 0.717) is 0 Å². The largest absolute Gasteiger partial charge is 0.302 e. The Hall–Kier alpha value is -0.300. The third-order valence-electron chi connectivity index (χ3n) is 3.82.